The summed E-state index contributed by atoms with van der Waals surface area (Å²) in [6, 6.07) is 7.33. The van der Waals surface area contributed by atoms with Gasteiger partial charge in [-0.3, -0.25) is 9.69 Å². The van der Waals surface area contributed by atoms with Crippen LogP contribution in [0.15, 0.2) is 36.5 Å². The predicted octanol–water partition coefficient (Wildman–Crippen LogP) is 5.21. The molecule has 1 unspecified atom stereocenters. The topological polar surface area (TPSA) is 83.6 Å². The molecule has 2 aromatic rings. The third-order valence-electron chi connectivity index (χ3n) is 5.25. The summed E-state index contributed by atoms with van der Waals surface area (Å²) in [6.45, 7) is 4.74. The molecule has 3 amide bonds. The van der Waals surface area contributed by atoms with Gasteiger partial charge >= 0.3 is 12.1 Å². The first-order chi connectivity index (χ1) is 15.3. The lowest BCUT2D eigenvalue weighted by atomic mass is 10.0. The van der Waals surface area contributed by atoms with Gasteiger partial charge < -0.3 is 15.4 Å². The van der Waals surface area contributed by atoms with E-state index in [1.807, 2.05) is 19.9 Å². The van der Waals surface area contributed by atoms with E-state index in [0.29, 0.717) is 43.7 Å². The third kappa shape index (κ3) is 5.93. The summed E-state index contributed by atoms with van der Waals surface area (Å²) in [4.78, 5) is 30.1. The fraction of sp³-hybridized carbons (Fsp3) is 0.435. The molecule has 0 spiro atoms. The summed E-state index contributed by atoms with van der Waals surface area (Å²) in [5.41, 5.74) is 2.28. The first kappa shape index (κ1) is 23.4. The zero-order valence-corrected chi connectivity index (χ0v) is 18.4. The van der Waals surface area contributed by atoms with Gasteiger partial charge in [0.05, 0.1) is 11.7 Å². The highest BCUT2D eigenvalue weighted by Crippen LogP contribution is 2.41. The molecule has 0 aliphatic heterocycles. The van der Waals surface area contributed by atoms with E-state index < -0.39 is 6.11 Å². The number of urea groups is 1. The van der Waals surface area contributed by atoms with E-state index in [-0.39, 0.29) is 17.8 Å². The quantitative estimate of drug-likeness (QED) is 0.491. The van der Waals surface area contributed by atoms with Crippen LogP contribution in [0.1, 0.15) is 63.1 Å². The summed E-state index contributed by atoms with van der Waals surface area (Å²) in [5.74, 6) is 0.865. The van der Waals surface area contributed by atoms with Crippen LogP contribution < -0.4 is 20.3 Å². The normalized spacial score (nSPS) is 14.4. The van der Waals surface area contributed by atoms with Gasteiger partial charge in [-0.05, 0) is 61.4 Å². The monoisotopic (exact) mass is 446 g/mol. The number of hydrogen-bond donors (Lipinski definition) is 2. The second kappa shape index (κ2) is 9.93. The molecule has 1 aliphatic carbocycles. The number of pyridine rings is 1. The van der Waals surface area contributed by atoms with Gasteiger partial charge in [0.15, 0.2) is 5.82 Å². The smallest absolute Gasteiger partial charge is 0.394 e. The number of rotatable bonds is 10. The second-order valence-electron chi connectivity index (χ2n) is 7.81. The van der Waals surface area contributed by atoms with Crippen LogP contribution in [-0.2, 0) is 4.79 Å². The average molecular weight is 446 g/mol. The number of carbonyl (C=O) groups excluding carboxylic acids is 2. The van der Waals surface area contributed by atoms with Crippen molar-refractivity contribution in [3.63, 3.8) is 0 Å². The SMILES string of the molecule is CCC(NC(=O)N(CC)c1ncc(C2CC2)cc1NC=O)c1ccc(OC(C)(F)F)cc1. The molecular weight excluding hydrogens is 418 g/mol. The van der Waals surface area contributed by atoms with Gasteiger partial charge in [-0.25, -0.2) is 9.78 Å². The Bertz CT molecular complexity index is 943. The van der Waals surface area contributed by atoms with Crippen LogP contribution in [0.5, 0.6) is 5.75 Å². The highest BCUT2D eigenvalue weighted by Gasteiger charge is 2.27. The fourth-order valence-electron chi connectivity index (χ4n) is 3.51. The van der Waals surface area contributed by atoms with Crippen LogP contribution in [0.4, 0.5) is 25.1 Å². The molecule has 0 radical (unpaired) electrons. The average Bonchev–Trinajstić information content (AvgIpc) is 3.59. The van der Waals surface area contributed by atoms with Crippen LogP contribution in [-0.4, -0.2) is 30.1 Å². The maximum atomic E-state index is 13.1. The molecule has 7 nitrogen and oxygen atoms in total. The number of anilines is 2. The second-order valence-corrected chi connectivity index (χ2v) is 7.81. The molecule has 172 valence electrons. The van der Waals surface area contributed by atoms with E-state index in [1.165, 1.54) is 17.0 Å². The largest absolute Gasteiger partial charge is 0.433 e. The molecule has 0 bridgehead atoms. The van der Waals surface area contributed by atoms with Crippen molar-refractivity contribution in [3.8, 4) is 5.75 Å². The highest BCUT2D eigenvalue weighted by molar-refractivity contribution is 5.96. The molecule has 1 aliphatic rings. The van der Waals surface area contributed by atoms with E-state index in [2.05, 4.69) is 20.4 Å². The molecule has 1 fully saturated rings. The van der Waals surface area contributed by atoms with Crippen molar-refractivity contribution in [3.05, 3.63) is 47.7 Å². The van der Waals surface area contributed by atoms with Gasteiger partial charge in [-0.2, -0.15) is 8.78 Å². The van der Waals surface area contributed by atoms with Gasteiger partial charge in [-0.1, -0.05) is 19.1 Å². The zero-order valence-electron chi connectivity index (χ0n) is 18.4. The Hall–Kier alpha value is -3.23. The summed E-state index contributed by atoms with van der Waals surface area (Å²) >= 11 is 0. The molecule has 3 rings (SSSR count). The molecule has 1 aromatic carbocycles. The van der Waals surface area contributed by atoms with E-state index in [1.54, 1.807) is 18.3 Å². The van der Waals surface area contributed by atoms with Gasteiger partial charge in [0.25, 0.3) is 0 Å². The fourth-order valence-corrected chi connectivity index (χ4v) is 3.51. The summed E-state index contributed by atoms with van der Waals surface area (Å²) in [6.07, 6.45) is 1.83. The Balaban J connectivity index is 1.76. The van der Waals surface area contributed by atoms with Crippen LogP contribution in [0, 0.1) is 0 Å². The summed E-state index contributed by atoms with van der Waals surface area (Å²) < 4.78 is 30.6. The molecule has 1 aromatic heterocycles. The number of halogens is 2. The standard InChI is InChI=1S/C23H28F2N4O3/c1-4-19(16-8-10-18(11-9-16)32-23(3,24)25)28-22(31)29(5-2)21-20(27-14-30)12-17(13-26-21)15-6-7-15/h8-15,19H,4-7H2,1-3H3,(H,27,30)(H,28,31). The number of amides is 3. The van der Waals surface area contributed by atoms with Gasteiger partial charge in [0.2, 0.25) is 6.41 Å². The Kier molecular flexibility index (Phi) is 7.27. The number of hydrogen-bond acceptors (Lipinski definition) is 4. The number of ether oxygens (including phenoxy) is 1. The lowest BCUT2D eigenvalue weighted by Crippen LogP contribution is -2.42. The summed E-state index contributed by atoms with van der Waals surface area (Å²) in [7, 11) is 0. The van der Waals surface area contributed by atoms with Crippen molar-refractivity contribution in [2.24, 2.45) is 0 Å². The van der Waals surface area contributed by atoms with E-state index >= 15 is 0 Å². The Morgan fingerprint density at radius 1 is 1.31 bits per heavy atom. The number of nitrogens with zero attached hydrogens (tertiary/aromatic N) is 2. The van der Waals surface area contributed by atoms with Crippen molar-refractivity contribution >= 4 is 23.9 Å². The van der Waals surface area contributed by atoms with Crippen LogP contribution in [0.2, 0.25) is 0 Å². The van der Waals surface area contributed by atoms with Crippen LogP contribution in [0.25, 0.3) is 0 Å². The summed E-state index contributed by atoms with van der Waals surface area (Å²) in [5, 5.41) is 5.61. The van der Waals surface area contributed by atoms with Crippen molar-refractivity contribution in [2.75, 3.05) is 16.8 Å². The Morgan fingerprint density at radius 2 is 2.00 bits per heavy atom. The lowest BCUT2D eigenvalue weighted by molar-refractivity contribution is -0.158. The van der Waals surface area contributed by atoms with E-state index in [4.69, 9.17) is 0 Å². The first-order valence-corrected chi connectivity index (χ1v) is 10.7. The number of benzene rings is 1. The Morgan fingerprint density at radius 3 is 2.53 bits per heavy atom. The lowest BCUT2D eigenvalue weighted by Gasteiger charge is -2.26. The molecule has 2 N–H and O–H groups in total. The molecule has 1 atom stereocenters. The third-order valence-corrected chi connectivity index (χ3v) is 5.25. The minimum Gasteiger partial charge on any atom is -0.433 e. The Labute approximate surface area is 186 Å². The van der Waals surface area contributed by atoms with E-state index in [9.17, 15) is 18.4 Å². The van der Waals surface area contributed by atoms with Gasteiger partial charge in [0, 0.05) is 19.7 Å². The van der Waals surface area contributed by atoms with Crippen molar-refractivity contribution < 1.29 is 23.1 Å². The maximum absolute atomic E-state index is 13.1. The zero-order chi connectivity index (χ0) is 23.3. The molecule has 0 saturated heterocycles. The van der Waals surface area contributed by atoms with Crippen molar-refractivity contribution in [1.82, 2.24) is 10.3 Å². The van der Waals surface area contributed by atoms with Crippen molar-refractivity contribution in [1.29, 1.82) is 0 Å². The molecule has 9 heteroatoms. The molecule has 1 heterocycles. The highest BCUT2D eigenvalue weighted by atomic mass is 19.3. The van der Waals surface area contributed by atoms with Crippen LogP contribution in [0.3, 0.4) is 0 Å². The number of aromatic nitrogens is 1. The predicted molar refractivity (Wildman–Crippen MR) is 118 cm³/mol. The number of nitrogens with one attached hydrogen (secondary N) is 2. The number of carbonyl (C=O) groups is 2. The molecule has 1 saturated carbocycles. The van der Waals surface area contributed by atoms with Crippen LogP contribution >= 0.6 is 0 Å². The minimum atomic E-state index is -3.27. The van der Waals surface area contributed by atoms with Gasteiger partial charge in [0.1, 0.15) is 5.75 Å². The number of alkyl halides is 2. The minimum absolute atomic E-state index is 0.0437. The van der Waals surface area contributed by atoms with Crippen molar-refractivity contribution in [2.45, 2.75) is 58.1 Å². The first-order valence-electron chi connectivity index (χ1n) is 10.7. The van der Waals surface area contributed by atoms with E-state index in [0.717, 1.165) is 24.0 Å². The van der Waals surface area contributed by atoms with Gasteiger partial charge in [-0.15, -0.1) is 0 Å². The molecule has 32 heavy (non-hydrogen) atoms. The molecular formula is C23H28F2N4O3. The maximum Gasteiger partial charge on any atom is 0.394 e.